The summed E-state index contributed by atoms with van der Waals surface area (Å²) in [6.07, 6.45) is 1.89. The van der Waals surface area contributed by atoms with E-state index in [1.807, 2.05) is 24.3 Å². The summed E-state index contributed by atoms with van der Waals surface area (Å²) in [5, 5.41) is 12.5. The van der Waals surface area contributed by atoms with Crippen molar-refractivity contribution < 1.29 is 14.6 Å². The van der Waals surface area contributed by atoms with Crippen LogP contribution in [0.25, 0.3) is 0 Å². The number of rotatable bonds is 6. The average molecular weight is 291 g/mol. The van der Waals surface area contributed by atoms with Gasteiger partial charge < -0.3 is 15.2 Å². The third kappa shape index (κ3) is 3.38. The van der Waals surface area contributed by atoms with Gasteiger partial charge in [-0.2, -0.15) is 0 Å². The van der Waals surface area contributed by atoms with Crippen molar-refractivity contribution in [1.29, 1.82) is 0 Å². The van der Waals surface area contributed by atoms with Gasteiger partial charge in [-0.1, -0.05) is 32.9 Å². The zero-order chi connectivity index (χ0) is 15.7. The van der Waals surface area contributed by atoms with E-state index in [4.69, 9.17) is 4.74 Å². The molecule has 4 nitrogen and oxygen atoms in total. The maximum absolute atomic E-state index is 11.6. The number of carbonyl (C=O) groups is 1. The van der Waals surface area contributed by atoms with Crippen LogP contribution in [-0.2, 0) is 10.2 Å². The standard InChI is InChI=1S/C17H25NO3/c1-16(2,3)12-7-9-14(10-8-12)21-11-17(18-4,15(19)20)13-5-6-13/h7-10,13,18H,5-6,11H2,1-4H3,(H,19,20). The molecule has 1 fully saturated rings. The molecule has 116 valence electrons. The predicted octanol–water partition coefficient (Wildman–Crippen LogP) is 2.82. The number of hydrogen-bond acceptors (Lipinski definition) is 3. The number of nitrogens with one attached hydrogen (secondary N) is 1. The highest BCUT2D eigenvalue weighted by Crippen LogP contribution is 2.40. The zero-order valence-corrected chi connectivity index (χ0v) is 13.3. The van der Waals surface area contributed by atoms with Crippen LogP contribution in [0.2, 0.25) is 0 Å². The minimum atomic E-state index is -0.970. The van der Waals surface area contributed by atoms with Crippen LogP contribution in [-0.4, -0.2) is 30.3 Å². The third-order valence-electron chi connectivity index (χ3n) is 4.29. The van der Waals surface area contributed by atoms with Crippen LogP contribution in [0, 0.1) is 5.92 Å². The molecule has 1 unspecified atom stereocenters. The molecule has 0 bridgehead atoms. The van der Waals surface area contributed by atoms with Crippen LogP contribution in [0.5, 0.6) is 5.75 Å². The zero-order valence-electron chi connectivity index (χ0n) is 13.3. The predicted molar refractivity (Wildman–Crippen MR) is 82.8 cm³/mol. The largest absolute Gasteiger partial charge is 0.491 e. The average Bonchev–Trinajstić information content (AvgIpc) is 3.24. The number of carboxylic acids is 1. The fraction of sp³-hybridized carbons (Fsp3) is 0.588. The lowest BCUT2D eigenvalue weighted by Crippen LogP contribution is -2.56. The van der Waals surface area contributed by atoms with Gasteiger partial charge in [0.2, 0.25) is 0 Å². The van der Waals surface area contributed by atoms with Crippen molar-refractivity contribution in [3.63, 3.8) is 0 Å². The summed E-state index contributed by atoms with van der Waals surface area (Å²) in [5.74, 6) is 0.0391. The third-order valence-corrected chi connectivity index (χ3v) is 4.29. The van der Waals surface area contributed by atoms with Gasteiger partial charge in [-0.15, -0.1) is 0 Å². The summed E-state index contributed by atoms with van der Waals surface area (Å²) in [7, 11) is 1.69. The van der Waals surface area contributed by atoms with Gasteiger partial charge >= 0.3 is 5.97 Å². The normalized spacial score (nSPS) is 18.1. The molecule has 0 aromatic heterocycles. The number of aliphatic carboxylic acids is 1. The van der Waals surface area contributed by atoms with Crippen LogP contribution in [0.4, 0.5) is 0 Å². The summed E-state index contributed by atoms with van der Waals surface area (Å²) in [4.78, 5) is 11.6. The summed E-state index contributed by atoms with van der Waals surface area (Å²) >= 11 is 0. The first kappa shape index (κ1) is 15.8. The van der Waals surface area contributed by atoms with E-state index >= 15 is 0 Å². The Morgan fingerprint density at radius 3 is 2.24 bits per heavy atom. The fourth-order valence-corrected chi connectivity index (χ4v) is 2.56. The maximum Gasteiger partial charge on any atom is 0.327 e. The second-order valence-corrected chi connectivity index (χ2v) is 6.86. The van der Waals surface area contributed by atoms with Crippen molar-refractivity contribution in [2.45, 2.75) is 44.6 Å². The molecule has 21 heavy (non-hydrogen) atoms. The molecule has 0 saturated heterocycles. The highest BCUT2D eigenvalue weighted by molar-refractivity contribution is 5.80. The Labute approximate surface area is 126 Å². The van der Waals surface area contributed by atoms with Crippen LogP contribution in [0.1, 0.15) is 39.2 Å². The molecule has 1 aromatic carbocycles. The maximum atomic E-state index is 11.6. The van der Waals surface area contributed by atoms with Gasteiger partial charge in [0.25, 0.3) is 0 Å². The van der Waals surface area contributed by atoms with E-state index < -0.39 is 11.5 Å². The lowest BCUT2D eigenvalue weighted by molar-refractivity contribution is -0.147. The second-order valence-electron chi connectivity index (χ2n) is 6.86. The van der Waals surface area contributed by atoms with Crippen LogP contribution in [0.3, 0.4) is 0 Å². The minimum absolute atomic E-state index is 0.0995. The highest BCUT2D eigenvalue weighted by Gasteiger charge is 2.51. The number of benzene rings is 1. The molecule has 0 radical (unpaired) electrons. The minimum Gasteiger partial charge on any atom is -0.491 e. The Morgan fingerprint density at radius 2 is 1.86 bits per heavy atom. The van der Waals surface area contributed by atoms with E-state index in [0.29, 0.717) is 5.75 Å². The molecule has 0 heterocycles. The monoisotopic (exact) mass is 291 g/mol. The molecule has 4 heteroatoms. The summed E-state index contributed by atoms with van der Waals surface area (Å²) < 4.78 is 5.75. The van der Waals surface area contributed by atoms with E-state index in [-0.39, 0.29) is 17.9 Å². The Hall–Kier alpha value is -1.55. The molecule has 0 spiro atoms. The molecule has 2 rings (SSSR count). The van der Waals surface area contributed by atoms with E-state index in [1.54, 1.807) is 7.05 Å². The highest BCUT2D eigenvalue weighted by atomic mass is 16.5. The summed E-state index contributed by atoms with van der Waals surface area (Å²) in [6, 6.07) is 7.90. The van der Waals surface area contributed by atoms with Crippen LogP contribution in [0.15, 0.2) is 24.3 Å². The Bertz CT molecular complexity index is 500. The first-order valence-corrected chi connectivity index (χ1v) is 7.45. The van der Waals surface area contributed by atoms with E-state index in [2.05, 4.69) is 26.1 Å². The second kappa shape index (κ2) is 5.68. The quantitative estimate of drug-likeness (QED) is 0.846. The van der Waals surface area contributed by atoms with Gasteiger partial charge in [0.1, 0.15) is 12.4 Å². The van der Waals surface area contributed by atoms with Crippen molar-refractivity contribution in [2.24, 2.45) is 5.92 Å². The van der Waals surface area contributed by atoms with Crippen LogP contribution < -0.4 is 10.1 Å². The summed E-state index contributed by atoms with van der Waals surface area (Å²) in [6.45, 7) is 6.63. The smallest absolute Gasteiger partial charge is 0.327 e. The number of ether oxygens (including phenoxy) is 1. The Morgan fingerprint density at radius 1 is 1.29 bits per heavy atom. The van der Waals surface area contributed by atoms with Gasteiger partial charge in [-0.25, -0.2) is 0 Å². The Kier molecular flexibility index (Phi) is 4.28. The van der Waals surface area contributed by atoms with Crippen molar-refractivity contribution in [2.75, 3.05) is 13.7 Å². The van der Waals surface area contributed by atoms with Gasteiger partial charge in [0, 0.05) is 0 Å². The SMILES string of the molecule is CNC(COc1ccc(C(C)(C)C)cc1)(C(=O)O)C1CC1. The number of hydrogen-bond donors (Lipinski definition) is 2. The molecule has 1 atom stereocenters. The number of carboxylic acid groups (broad SMARTS) is 1. The van der Waals surface area contributed by atoms with Gasteiger partial charge in [0.05, 0.1) is 0 Å². The first-order chi connectivity index (χ1) is 9.79. The number of likely N-dealkylation sites (N-methyl/N-ethyl adjacent to an activating group) is 1. The lowest BCUT2D eigenvalue weighted by atomic mass is 9.87. The van der Waals surface area contributed by atoms with Crippen LogP contribution >= 0.6 is 0 Å². The Balaban J connectivity index is 2.06. The van der Waals surface area contributed by atoms with Gasteiger partial charge in [-0.3, -0.25) is 4.79 Å². The summed E-state index contributed by atoms with van der Waals surface area (Å²) in [5.41, 5.74) is 0.362. The van der Waals surface area contributed by atoms with Crippen molar-refractivity contribution in [3.8, 4) is 5.75 Å². The molecule has 1 aliphatic carbocycles. The molecule has 1 saturated carbocycles. The molecule has 1 aliphatic rings. The fourth-order valence-electron chi connectivity index (χ4n) is 2.56. The van der Waals surface area contributed by atoms with E-state index in [1.165, 1.54) is 5.56 Å². The molecule has 0 aliphatic heterocycles. The van der Waals surface area contributed by atoms with Crippen molar-refractivity contribution >= 4 is 5.97 Å². The molecule has 2 N–H and O–H groups in total. The first-order valence-electron chi connectivity index (χ1n) is 7.45. The lowest BCUT2D eigenvalue weighted by Gasteiger charge is -2.29. The van der Waals surface area contributed by atoms with Gasteiger partial charge in [0.15, 0.2) is 5.54 Å². The van der Waals surface area contributed by atoms with E-state index in [0.717, 1.165) is 12.8 Å². The molecular weight excluding hydrogens is 266 g/mol. The van der Waals surface area contributed by atoms with Crippen molar-refractivity contribution in [3.05, 3.63) is 29.8 Å². The molecule has 1 aromatic rings. The molecule has 0 amide bonds. The van der Waals surface area contributed by atoms with Gasteiger partial charge in [-0.05, 0) is 48.9 Å². The van der Waals surface area contributed by atoms with Crippen molar-refractivity contribution in [1.82, 2.24) is 5.32 Å². The van der Waals surface area contributed by atoms with E-state index in [9.17, 15) is 9.90 Å². The topological polar surface area (TPSA) is 58.6 Å². The molecular formula is C17H25NO3.